The Balaban J connectivity index is 1.91. The highest BCUT2D eigenvalue weighted by Crippen LogP contribution is 2.25. The van der Waals surface area contributed by atoms with Crippen molar-refractivity contribution in [3.05, 3.63) is 52.3 Å². The number of nitrogens with zero attached hydrogens (tertiary/aromatic N) is 3. The Bertz CT molecular complexity index is 632. The van der Waals surface area contributed by atoms with Gasteiger partial charge in [-0.3, -0.25) is 9.48 Å². The maximum absolute atomic E-state index is 12.6. The predicted octanol–water partition coefficient (Wildman–Crippen LogP) is 2.19. The topological polar surface area (TPSA) is 38.1 Å². The number of carbonyl (C=O) groups excluding carboxylic acids is 1. The van der Waals surface area contributed by atoms with Gasteiger partial charge in [0, 0.05) is 25.8 Å². The molecule has 0 unspecified atom stereocenters. The Labute approximate surface area is 112 Å². The van der Waals surface area contributed by atoms with Crippen molar-refractivity contribution in [2.75, 3.05) is 0 Å². The predicted molar refractivity (Wildman–Crippen MR) is 72.7 cm³/mol. The maximum Gasteiger partial charge on any atom is 0.258 e. The van der Waals surface area contributed by atoms with Gasteiger partial charge in [0.15, 0.2) is 0 Å². The van der Waals surface area contributed by atoms with E-state index in [-0.39, 0.29) is 5.91 Å². The van der Waals surface area contributed by atoms with E-state index in [1.54, 1.807) is 4.68 Å². The van der Waals surface area contributed by atoms with Gasteiger partial charge in [-0.15, -0.1) is 0 Å². The average molecular weight is 255 g/mol. The minimum absolute atomic E-state index is 0.0827. The highest BCUT2D eigenvalue weighted by molar-refractivity contribution is 5.96. The molecule has 1 aromatic heterocycles. The number of aromatic nitrogens is 2. The van der Waals surface area contributed by atoms with Gasteiger partial charge in [-0.05, 0) is 25.0 Å². The van der Waals surface area contributed by atoms with Crippen LogP contribution in [0.5, 0.6) is 0 Å². The first-order chi connectivity index (χ1) is 9.08. The number of carbonyl (C=O) groups is 1. The van der Waals surface area contributed by atoms with E-state index in [2.05, 4.69) is 17.2 Å². The van der Waals surface area contributed by atoms with Crippen LogP contribution in [0.25, 0.3) is 0 Å². The summed E-state index contributed by atoms with van der Waals surface area (Å²) in [4.78, 5) is 14.5. The van der Waals surface area contributed by atoms with Crippen LogP contribution in [0.4, 0.5) is 0 Å². The highest BCUT2D eigenvalue weighted by Gasteiger charge is 2.27. The van der Waals surface area contributed by atoms with E-state index in [1.807, 2.05) is 37.9 Å². The molecule has 3 rings (SSSR count). The van der Waals surface area contributed by atoms with Crippen LogP contribution in [-0.2, 0) is 20.1 Å². The second-order valence-corrected chi connectivity index (χ2v) is 5.10. The molecule has 1 aromatic carbocycles. The third kappa shape index (κ3) is 1.84. The minimum Gasteiger partial charge on any atom is -0.330 e. The van der Waals surface area contributed by atoms with Crippen molar-refractivity contribution >= 4 is 5.91 Å². The lowest BCUT2D eigenvalue weighted by Crippen LogP contribution is -2.26. The Morgan fingerprint density at radius 3 is 2.21 bits per heavy atom. The summed E-state index contributed by atoms with van der Waals surface area (Å²) in [6.45, 7) is 5.23. The summed E-state index contributed by atoms with van der Waals surface area (Å²) in [6.07, 6.45) is 0. The van der Waals surface area contributed by atoms with E-state index in [4.69, 9.17) is 0 Å². The molecule has 1 amide bonds. The van der Waals surface area contributed by atoms with E-state index in [1.165, 1.54) is 11.1 Å². The Morgan fingerprint density at radius 2 is 1.74 bits per heavy atom. The molecule has 1 aliphatic heterocycles. The molecule has 0 saturated carbocycles. The normalized spacial score (nSPS) is 13.7. The zero-order chi connectivity index (χ0) is 13.6. The average Bonchev–Trinajstić information content (AvgIpc) is 2.91. The van der Waals surface area contributed by atoms with Crippen LogP contribution in [0.15, 0.2) is 24.3 Å². The largest absolute Gasteiger partial charge is 0.330 e. The molecular weight excluding hydrogens is 238 g/mol. The van der Waals surface area contributed by atoms with Crippen molar-refractivity contribution in [2.45, 2.75) is 26.9 Å². The first-order valence-corrected chi connectivity index (χ1v) is 6.44. The number of amides is 1. The molecule has 0 saturated heterocycles. The molecule has 4 heteroatoms. The number of fused-ring (bicyclic) bond motifs is 1. The van der Waals surface area contributed by atoms with Gasteiger partial charge >= 0.3 is 0 Å². The quantitative estimate of drug-likeness (QED) is 0.783. The molecule has 0 N–H and O–H groups in total. The van der Waals surface area contributed by atoms with Crippen molar-refractivity contribution in [2.24, 2.45) is 7.05 Å². The van der Waals surface area contributed by atoms with Gasteiger partial charge in [-0.1, -0.05) is 24.3 Å². The summed E-state index contributed by atoms with van der Waals surface area (Å²) >= 11 is 0. The second-order valence-electron chi connectivity index (χ2n) is 5.10. The van der Waals surface area contributed by atoms with Crippen LogP contribution < -0.4 is 0 Å². The second kappa shape index (κ2) is 4.23. The SMILES string of the molecule is Cc1nn(C)c(C)c1C(=O)N1Cc2ccccc2C1. The summed E-state index contributed by atoms with van der Waals surface area (Å²) in [5.41, 5.74) is 4.97. The molecule has 0 bridgehead atoms. The molecule has 0 atom stereocenters. The minimum atomic E-state index is 0.0827. The molecule has 4 nitrogen and oxygen atoms in total. The zero-order valence-corrected chi connectivity index (χ0v) is 11.5. The van der Waals surface area contributed by atoms with Crippen LogP contribution in [0, 0.1) is 13.8 Å². The number of benzene rings is 1. The van der Waals surface area contributed by atoms with E-state index in [9.17, 15) is 4.79 Å². The van der Waals surface area contributed by atoms with Crippen molar-refractivity contribution < 1.29 is 4.79 Å². The third-order valence-electron chi connectivity index (χ3n) is 3.85. The van der Waals surface area contributed by atoms with E-state index >= 15 is 0 Å². The van der Waals surface area contributed by atoms with Crippen LogP contribution in [0.3, 0.4) is 0 Å². The summed E-state index contributed by atoms with van der Waals surface area (Å²) in [7, 11) is 1.87. The third-order valence-corrected chi connectivity index (χ3v) is 3.85. The van der Waals surface area contributed by atoms with Crippen LogP contribution >= 0.6 is 0 Å². The van der Waals surface area contributed by atoms with Crippen LogP contribution in [0.2, 0.25) is 0 Å². The summed E-state index contributed by atoms with van der Waals surface area (Å²) in [5.74, 6) is 0.0827. The number of hydrogen-bond donors (Lipinski definition) is 0. The molecule has 19 heavy (non-hydrogen) atoms. The number of rotatable bonds is 1. The number of aryl methyl sites for hydroxylation is 2. The Hall–Kier alpha value is -2.10. The Morgan fingerprint density at radius 1 is 1.16 bits per heavy atom. The van der Waals surface area contributed by atoms with Gasteiger partial charge in [0.05, 0.1) is 11.3 Å². The maximum atomic E-state index is 12.6. The van der Waals surface area contributed by atoms with Crippen LogP contribution in [0.1, 0.15) is 32.9 Å². The van der Waals surface area contributed by atoms with Gasteiger partial charge in [0.2, 0.25) is 0 Å². The molecule has 0 aliphatic carbocycles. The van der Waals surface area contributed by atoms with Gasteiger partial charge in [-0.25, -0.2) is 0 Å². The molecule has 1 aliphatic rings. The van der Waals surface area contributed by atoms with Gasteiger partial charge in [0.1, 0.15) is 0 Å². The zero-order valence-electron chi connectivity index (χ0n) is 11.5. The fourth-order valence-electron chi connectivity index (χ4n) is 2.72. The molecule has 2 aromatic rings. The van der Waals surface area contributed by atoms with E-state index in [0.717, 1.165) is 17.0 Å². The fraction of sp³-hybridized carbons (Fsp3) is 0.333. The fourth-order valence-corrected chi connectivity index (χ4v) is 2.72. The molecule has 0 spiro atoms. The first kappa shape index (κ1) is 12.0. The molecule has 98 valence electrons. The van der Waals surface area contributed by atoms with Crippen molar-refractivity contribution in [1.82, 2.24) is 14.7 Å². The van der Waals surface area contributed by atoms with Crippen molar-refractivity contribution in [3.8, 4) is 0 Å². The van der Waals surface area contributed by atoms with Gasteiger partial charge in [0.25, 0.3) is 5.91 Å². The lowest BCUT2D eigenvalue weighted by molar-refractivity contribution is 0.0750. The highest BCUT2D eigenvalue weighted by atomic mass is 16.2. The van der Waals surface area contributed by atoms with E-state index in [0.29, 0.717) is 13.1 Å². The van der Waals surface area contributed by atoms with Gasteiger partial charge in [-0.2, -0.15) is 5.10 Å². The standard InChI is InChI=1S/C15H17N3O/c1-10-14(11(2)17(3)16-10)15(19)18-8-12-6-4-5-7-13(12)9-18/h4-7H,8-9H2,1-3H3. The summed E-state index contributed by atoms with van der Waals surface area (Å²) in [5, 5.41) is 4.32. The first-order valence-electron chi connectivity index (χ1n) is 6.44. The molecule has 0 fully saturated rings. The lowest BCUT2D eigenvalue weighted by Gasteiger charge is -2.15. The number of hydrogen-bond acceptors (Lipinski definition) is 2. The van der Waals surface area contributed by atoms with Gasteiger partial charge < -0.3 is 4.90 Å². The van der Waals surface area contributed by atoms with E-state index < -0.39 is 0 Å². The summed E-state index contributed by atoms with van der Waals surface area (Å²) in [6, 6.07) is 8.22. The Kier molecular flexibility index (Phi) is 2.66. The van der Waals surface area contributed by atoms with Crippen molar-refractivity contribution in [3.63, 3.8) is 0 Å². The summed E-state index contributed by atoms with van der Waals surface area (Å²) < 4.78 is 1.77. The molecular formula is C15H17N3O. The van der Waals surface area contributed by atoms with Crippen molar-refractivity contribution in [1.29, 1.82) is 0 Å². The molecule has 2 heterocycles. The molecule has 0 radical (unpaired) electrons. The monoisotopic (exact) mass is 255 g/mol. The lowest BCUT2D eigenvalue weighted by atomic mass is 10.1. The van der Waals surface area contributed by atoms with Crippen LogP contribution in [-0.4, -0.2) is 20.6 Å². The smallest absolute Gasteiger partial charge is 0.258 e.